The highest BCUT2D eigenvalue weighted by Gasteiger charge is 1.99. The van der Waals surface area contributed by atoms with Crippen LogP contribution in [-0.2, 0) is 22.7 Å². The van der Waals surface area contributed by atoms with Crippen LogP contribution >= 0.6 is 0 Å². The summed E-state index contributed by atoms with van der Waals surface area (Å²) in [7, 11) is 0. The van der Waals surface area contributed by atoms with Crippen LogP contribution in [-0.4, -0.2) is 26.4 Å². The maximum atomic E-state index is 5.71. The van der Waals surface area contributed by atoms with Crippen molar-refractivity contribution in [3.8, 4) is 11.5 Å². The molecular formula is C26H30O4. The maximum absolute atomic E-state index is 5.71. The van der Waals surface area contributed by atoms with E-state index in [4.69, 9.17) is 18.9 Å². The summed E-state index contributed by atoms with van der Waals surface area (Å²) < 4.78 is 22.7. The van der Waals surface area contributed by atoms with Crippen molar-refractivity contribution in [2.24, 2.45) is 0 Å². The van der Waals surface area contributed by atoms with Crippen molar-refractivity contribution in [2.75, 3.05) is 26.4 Å². The first kappa shape index (κ1) is 21.9. The molecule has 3 aromatic rings. The topological polar surface area (TPSA) is 36.9 Å². The number of hydrogen-bond donors (Lipinski definition) is 0. The number of rotatable bonds is 12. The fraction of sp³-hybridized carbons (Fsp3) is 0.308. The maximum Gasteiger partial charge on any atom is 0.119 e. The zero-order chi connectivity index (χ0) is 21.0. The minimum atomic E-state index is 0.513. The quantitative estimate of drug-likeness (QED) is 0.373. The molecule has 0 aliphatic rings. The number of aryl methyl sites for hydroxylation is 2. The third kappa shape index (κ3) is 7.90. The number of ether oxygens (including phenoxy) is 4. The molecule has 0 saturated carbocycles. The van der Waals surface area contributed by atoms with E-state index in [0.29, 0.717) is 39.6 Å². The first-order valence-electron chi connectivity index (χ1n) is 10.3. The molecule has 0 radical (unpaired) electrons. The zero-order valence-electron chi connectivity index (χ0n) is 17.8. The van der Waals surface area contributed by atoms with Crippen LogP contribution in [0.4, 0.5) is 0 Å². The fourth-order valence-electron chi connectivity index (χ4n) is 2.82. The second-order valence-corrected chi connectivity index (χ2v) is 7.24. The van der Waals surface area contributed by atoms with E-state index in [1.165, 1.54) is 22.3 Å². The summed E-state index contributed by atoms with van der Waals surface area (Å²) in [6.45, 7) is 7.47. The zero-order valence-corrected chi connectivity index (χ0v) is 17.8. The van der Waals surface area contributed by atoms with E-state index in [1.54, 1.807) is 0 Å². The standard InChI is InChI=1S/C26H30O4/c1-21-3-7-23(8-4-21)19-27-15-17-29-25-11-13-26(14-12-25)30-18-16-28-20-24-9-5-22(2)6-10-24/h3-14H,15-20H2,1-2H3. The first-order valence-corrected chi connectivity index (χ1v) is 10.3. The molecule has 0 aromatic heterocycles. The Bertz CT molecular complexity index is 781. The van der Waals surface area contributed by atoms with Crippen LogP contribution in [0.25, 0.3) is 0 Å². The van der Waals surface area contributed by atoms with Crippen LogP contribution in [0.15, 0.2) is 72.8 Å². The van der Waals surface area contributed by atoms with Crippen LogP contribution in [0.1, 0.15) is 22.3 Å². The third-order valence-corrected chi connectivity index (χ3v) is 4.60. The van der Waals surface area contributed by atoms with Gasteiger partial charge in [0.1, 0.15) is 24.7 Å². The molecule has 0 heterocycles. The number of hydrogen-bond acceptors (Lipinski definition) is 4. The smallest absolute Gasteiger partial charge is 0.119 e. The summed E-state index contributed by atoms with van der Waals surface area (Å²) in [5, 5.41) is 0. The Balaban J connectivity index is 1.25. The highest BCUT2D eigenvalue weighted by molar-refractivity contribution is 5.31. The van der Waals surface area contributed by atoms with Gasteiger partial charge in [0, 0.05) is 0 Å². The predicted molar refractivity (Wildman–Crippen MR) is 119 cm³/mol. The Morgan fingerprint density at radius 2 is 0.833 bits per heavy atom. The lowest BCUT2D eigenvalue weighted by atomic mass is 10.2. The lowest BCUT2D eigenvalue weighted by molar-refractivity contribution is 0.0878. The van der Waals surface area contributed by atoms with E-state index >= 15 is 0 Å². The molecule has 3 rings (SSSR count). The van der Waals surface area contributed by atoms with E-state index < -0.39 is 0 Å². The molecule has 0 spiro atoms. The van der Waals surface area contributed by atoms with Crippen molar-refractivity contribution in [3.05, 3.63) is 95.1 Å². The summed E-state index contributed by atoms with van der Waals surface area (Å²) in [4.78, 5) is 0. The molecule has 0 N–H and O–H groups in total. The molecule has 158 valence electrons. The monoisotopic (exact) mass is 406 g/mol. The van der Waals surface area contributed by atoms with Gasteiger partial charge in [0.15, 0.2) is 0 Å². The minimum absolute atomic E-state index is 0.513. The molecule has 0 atom stereocenters. The van der Waals surface area contributed by atoms with Crippen molar-refractivity contribution < 1.29 is 18.9 Å². The van der Waals surface area contributed by atoms with E-state index in [-0.39, 0.29) is 0 Å². The van der Waals surface area contributed by atoms with Gasteiger partial charge in [-0.3, -0.25) is 0 Å². The highest BCUT2D eigenvalue weighted by atomic mass is 16.5. The van der Waals surface area contributed by atoms with Crippen molar-refractivity contribution in [1.82, 2.24) is 0 Å². The van der Waals surface area contributed by atoms with Gasteiger partial charge in [0.05, 0.1) is 26.4 Å². The van der Waals surface area contributed by atoms with Gasteiger partial charge < -0.3 is 18.9 Å². The van der Waals surface area contributed by atoms with Gasteiger partial charge in [-0.15, -0.1) is 0 Å². The lowest BCUT2D eigenvalue weighted by Crippen LogP contribution is -2.07. The van der Waals surface area contributed by atoms with Crippen LogP contribution in [0.5, 0.6) is 11.5 Å². The molecule has 4 nitrogen and oxygen atoms in total. The largest absolute Gasteiger partial charge is 0.491 e. The Hall–Kier alpha value is -2.82. The van der Waals surface area contributed by atoms with E-state index in [0.717, 1.165) is 11.5 Å². The second kappa shape index (κ2) is 12.0. The van der Waals surface area contributed by atoms with Gasteiger partial charge in [-0.25, -0.2) is 0 Å². The van der Waals surface area contributed by atoms with Gasteiger partial charge >= 0.3 is 0 Å². The lowest BCUT2D eigenvalue weighted by Gasteiger charge is -2.10. The Kier molecular flexibility index (Phi) is 8.76. The van der Waals surface area contributed by atoms with Crippen molar-refractivity contribution in [1.29, 1.82) is 0 Å². The second-order valence-electron chi connectivity index (χ2n) is 7.24. The molecule has 4 heteroatoms. The third-order valence-electron chi connectivity index (χ3n) is 4.60. The summed E-state index contributed by atoms with van der Waals surface area (Å²) in [5.74, 6) is 1.61. The van der Waals surface area contributed by atoms with E-state index in [9.17, 15) is 0 Å². The van der Waals surface area contributed by atoms with E-state index in [1.807, 2.05) is 24.3 Å². The average molecular weight is 407 g/mol. The Morgan fingerprint density at radius 3 is 1.20 bits per heavy atom. The molecular weight excluding hydrogens is 376 g/mol. The average Bonchev–Trinajstić information content (AvgIpc) is 2.77. The SMILES string of the molecule is Cc1ccc(COCCOc2ccc(OCCOCc3ccc(C)cc3)cc2)cc1. The minimum Gasteiger partial charge on any atom is -0.491 e. The molecule has 3 aromatic carbocycles. The summed E-state index contributed by atoms with van der Waals surface area (Å²) in [6, 6.07) is 24.3. The summed E-state index contributed by atoms with van der Waals surface area (Å²) in [6.07, 6.45) is 0. The van der Waals surface area contributed by atoms with Crippen molar-refractivity contribution in [2.45, 2.75) is 27.1 Å². The van der Waals surface area contributed by atoms with Crippen LogP contribution in [0, 0.1) is 13.8 Å². The molecule has 0 aliphatic carbocycles. The molecule has 0 aliphatic heterocycles. The molecule has 0 fully saturated rings. The van der Waals surface area contributed by atoms with Crippen LogP contribution in [0.3, 0.4) is 0 Å². The Labute approximate surface area is 179 Å². The van der Waals surface area contributed by atoms with Crippen molar-refractivity contribution >= 4 is 0 Å². The van der Waals surface area contributed by atoms with Gasteiger partial charge in [-0.05, 0) is 49.2 Å². The highest BCUT2D eigenvalue weighted by Crippen LogP contribution is 2.17. The summed E-state index contributed by atoms with van der Waals surface area (Å²) in [5.41, 5.74) is 4.85. The predicted octanol–water partition coefficient (Wildman–Crippen LogP) is 5.49. The van der Waals surface area contributed by atoms with Gasteiger partial charge in [-0.1, -0.05) is 59.7 Å². The fourth-order valence-corrected chi connectivity index (χ4v) is 2.82. The molecule has 0 unspecified atom stereocenters. The van der Waals surface area contributed by atoms with Gasteiger partial charge in [0.25, 0.3) is 0 Å². The normalized spacial score (nSPS) is 10.7. The van der Waals surface area contributed by atoms with Gasteiger partial charge in [0.2, 0.25) is 0 Å². The number of benzene rings is 3. The molecule has 30 heavy (non-hydrogen) atoms. The van der Waals surface area contributed by atoms with Crippen LogP contribution in [0.2, 0.25) is 0 Å². The molecule has 0 saturated heterocycles. The van der Waals surface area contributed by atoms with E-state index in [2.05, 4.69) is 62.4 Å². The molecule has 0 bridgehead atoms. The molecule has 0 amide bonds. The van der Waals surface area contributed by atoms with Crippen LogP contribution < -0.4 is 9.47 Å². The van der Waals surface area contributed by atoms with Crippen molar-refractivity contribution in [3.63, 3.8) is 0 Å². The van der Waals surface area contributed by atoms with Gasteiger partial charge in [-0.2, -0.15) is 0 Å². The first-order chi connectivity index (χ1) is 14.7. The summed E-state index contributed by atoms with van der Waals surface area (Å²) >= 11 is 0. The Morgan fingerprint density at radius 1 is 0.467 bits per heavy atom.